The molecule has 4 rings (SSSR count). The predicted octanol–water partition coefficient (Wildman–Crippen LogP) is 6.27. The second kappa shape index (κ2) is 8.72. The highest BCUT2D eigenvalue weighted by atomic mass is 35.5. The van der Waals surface area contributed by atoms with Gasteiger partial charge in [-0.3, -0.25) is 14.5 Å². The topological polar surface area (TPSA) is 50.5 Å². The number of furan rings is 1. The van der Waals surface area contributed by atoms with Crippen LogP contribution in [-0.2, 0) is 11.2 Å². The number of thioether (sulfide) groups is 1. The molecule has 2 heterocycles. The molecule has 0 spiro atoms. The smallest absolute Gasteiger partial charge is 0.293 e. The van der Waals surface area contributed by atoms with Gasteiger partial charge in [0.15, 0.2) is 0 Å². The molecule has 6 heteroatoms. The number of nitrogens with zero attached hydrogens (tertiary/aromatic N) is 1. The maximum atomic E-state index is 12.6. The molecule has 2 aromatic carbocycles. The predicted molar refractivity (Wildman–Crippen MR) is 117 cm³/mol. The summed E-state index contributed by atoms with van der Waals surface area (Å²) in [6.45, 7) is 0.408. The standard InChI is InChI=1S/C23H18ClNO3S/c24-18-10-8-17(9-11-18)20-13-12-19(28-20)15-21-22(26)25(23(27)29-21)14-4-7-16-5-2-1-3-6-16/h1-3,5-6,8-13,15H,4,7,14H2/b21-15+. The van der Waals surface area contributed by atoms with E-state index in [0.29, 0.717) is 28.0 Å². The Labute approximate surface area is 178 Å². The van der Waals surface area contributed by atoms with Crippen LogP contribution in [0.5, 0.6) is 0 Å². The van der Waals surface area contributed by atoms with Gasteiger partial charge in [-0.2, -0.15) is 0 Å². The van der Waals surface area contributed by atoms with Crippen molar-refractivity contribution in [2.24, 2.45) is 0 Å². The lowest BCUT2D eigenvalue weighted by Crippen LogP contribution is -2.29. The van der Waals surface area contributed by atoms with E-state index in [1.165, 1.54) is 10.5 Å². The Hall–Kier alpha value is -2.76. The quantitative estimate of drug-likeness (QED) is 0.438. The van der Waals surface area contributed by atoms with E-state index in [-0.39, 0.29) is 11.1 Å². The molecule has 29 heavy (non-hydrogen) atoms. The van der Waals surface area contributed by atoms with Gasteiger partial charge in [0.1, 0.15) is 11.5 Å². The molecule has 1 aromatic heterocycles. The maximum absolute atomic E-state index is 12.6. The number of carbonyl (C=O) groups is 2. The van der Waals surface area contributed by atoms with Crippen LogP contribution in [0.4, 0.5) is 4.79 Å². The van der Waals surface area contributed by atoms with Gasteiger partial charge in [-0.15, -0.1) is 0 Å². The molecule has 0 radical (unpaired) electrons. The van der Waals surface area contributed by atoms with E-state index in [4.69, 9.17) is 16.0 Å². The fraction of sp³-hybridized carbons (Fsp3) is 0.130. The lowest BCUT2D eigenvalue weighted by molar-refractivity contribution is -0.122. The van der Waals surface area contributed by atoms with Crippen LogP contribution in [0.2, 0.25) is 5.02 Å². The van der Waals surface area contributed by atoms with Gasteiger partial charge in [0, 0.05) is 23.2 Å². The van der Waals surface area contributed by atoms with Crippen LogP contribution in [-0.4, -0.2) is 22.6 Å². The molecule has 0 saturated carbocycles. The van der Waals surface area contributed by atoms with E-state index < -0.39 is 0 Å². The van der Waals surface area contributed by atoms with Crippen LogP contribution in [0.1, 0.15) is 17.7 Å². The average molecular weight is 424 g/mol. The summed E-state index contributed by atoms with van der Waals surface area (Å²) in [5.74, 6) is 0.942. The maximum Gasteiger partial charge on any atom is 0.293 e. The summed E-state index contributed by atoms with van der Waals surface area (Å²) in [5, 5.41) is 0.417. The van der Waals surface area contributed by atoms with Crippen LogP contribution >= 0.6 is 23.4 Å². The van der Waals surface area contributed by atoms with E-state index in [1.54, 1.807) is 24.3 Å². The summed E-state index contributed by atoms with van der Waals surface area (Å²) < 4.78 is 5.81. The Balaban J connectivity index is 1.41. The van der Waals surface area contributed by atoms with Crippen LogP contribution in [0.25, 0.3) is 17.4 Å². The third kappa shape index (κ3) is 4.63. The Morgan fingerprint density at radius 2 is 1.72 bits per heavy atom. The zero-order valence-corrected chi connectivity index (χ0v) is 17.1. The summed E-state index contributed by atoms with van der Waals surface area (Å²) in [6.07, 6.45) is 3.18. The van der Waals surface area contributed by atoms with Gasteiger partial charge in [0.05, 0.1) is 4.91 Å². The van der Waals surface area contributed by atoms with Crippen molar-refractivity contribution in [3.63, 3.8) is 0 Å². The van der Waals surface area contributed by atoms with Crippen molar-refractivity contribution >= 4 is 40.6 Å². The van der Waals surface area contributed by atoms with Crippen molar-refractivity contribution in [3.05, 3.63) is 88.0 Å². The first-order chi connectivity index (χ1) is 14.1. The lowest BCUT2D eigenvalue weighted by Gasteiger charge is -2.11. The largest absolute Gasteiger partial charge is 0.457 e. The van der Waals surface area contributed by atoms with Gasteiger partial charge < -0.3 is 4.42 Å². The normalized spacial score (nSPS) is 15.5. The molecule has 2 amide bonds. The third-order valence-electron chi connectivity index (χ3n) is 4.59. The lowest BCUT2D eigenvalue weighted by atomic mass is 10.1. The first-order valence-corrected chi connectivity index (χ1v) is 10.4. The number of aryl methyl sites for hydroxylation is 1. The molecule has 1 aliphatic heterocycles. The fourth-order valence-corrected chi connectivity index (χ4v) is 4.08. The molecule has 0 aliphatic carbocycles. The van der Waals surface area contributed by atoms with Crippen molar-refractivity contribution in [1.29, 1.82) is 0 Å². The van der Waals surface area contributed by atoms with E-state index in [9.17, 15) is 9.59 Å². The SMILES string of the molecule is O=C1S/C(=C/c2ccc(-c3ccc(Cl)cc3)o2)C(=O)N1CCCc1ccccc1. The molecule has 0 bridgehead atoms. The number of carbonyl (C=O) groups excluding carboxylic acids is 2. The van der Waals surface area contributed by atoms with Gasteiger partial charge in [0.25, 0.3) is 11.1 Å². The van der Waals surface area contributed by atoms with Gasteiger partial charge >= 0.3 is 0 Å². The summed E-state index contributed by atoms with van der Waals surface area (Å²) in [4.78, 5) is 26.6. The number of hydrogen-bond acceptors (Lipinski definition) is 4. The van der Waals surface area contributed by atoms with Gasteiger partial charge in [-0.25, -0.2) is 0 Å². The van der Waals surface area contributed by atoms with Crippen molar-refractivity contribution in [3.8, 4) is 11.3 Å². The van der Waals surface area contributed by atoms with Crippen molar-refractivity contribution < 1.29 is 14.0 Å². The van der Waals surface area contributed by atoms with Gasteiger partial charge in [-0.05, 0) is 66.6 Å². The van der Waals surface area contributed by atoms with E-state index in [2.05, 4.69) is 0 Å². The Morgan fingerprint density at radius 3 is 2.48 bits per heavy atom. The molecule has 0 atom stereocenters. The minimum absolute atomic E-state index is 0.237. The van der Waals surface area contributed by atoms with Crippen molar-refractivity contribution in [2.45, 2.75) is 12.8 Å². The molecule has 3 aromatic rings. The minimum atomic E-state index is -0.266. The monoisotopic (exact) mass is 423 g/mol. The Kier molecular flexibility index (Phi) is 5.88. The molecule has 4 nitrogen and oxygen atoms in total. The fourth-order valence-electron chi connectivity index (χ4n) is 3.11. The number of rotatable bonds is 6. The van der Waals surface area contributed by atoms with Gasteiger partial charge in [-0.1, -0.05) is 41.9 Å². The first kappa shape index (κ1) is 19.6. The van der Waals surface area contributed by atoms with Crippen LogP contribution in [0.15, 0.2) is 76.1 Å². The highest BCUT2D eigenvalue weighted by Gasteiger charge is 2.34. The summed E-state index contributed by atoms with van der Waals surface area (Å²) in [7, 11) is 0. The minimum Gasteiger partial charge on any atom is -0.457 e. The molecular weight excluding hydrogens is 406 g/mol. The number of hydrogen-bond donors (Lipinski definition) is 0. The molecule has 1 saturated heterocycles. The number of halogens is 1. The number of amides is 2. The van der Waals surface area contributed by atoms with E-state index in [1.807, 2.05) is 48.5 Å². The summed E-state index contributed by atoms with van der Waals surface area (Å²) in [6, 6.07) is 21.0. The van der Waals surface area contributed by atoms with Crippen LogP contribution in [0.3, 0.4) is 0 Å². The zero-order valence-electron chi connectivity index (χ0n) is 15.5. The molecule has 0 unspecified atom stereocenters. The second-order valence-corrected chi connectivity index (χ2v) is 8.06. The van der Waals surface area contributed by atoms with Gasteiger partial charge in [0.2, 0.25) is 0 Å². The summed E-state index contributed by atoms with van der Waals surface area (Å²) >= 11 is 6.87. The molecular formula is C23H18ClNO3S. The van der Waals surface area contributed by atoms with Crippen molar-refractivity contribution in [2.75, 3.05) is 6.54 Å². The summed E-state index contributed by atoms with van der Waals surface area (Å²) in [5.41, 5.74) is 2.09. The van der Waals surface area contributed by atoms with E-state index in [0.717, 1.165) is 30.2 Å². The molecule has 0 N–H and O–H groups in total. The van der Waals surface area contributed by atoms with E-state index >= 15 is 0 Å². The second-order valence-electron chi connectivity index (χ2n) is 6.63. The Bertz CT molecular complexity index is 1060. The third-order valence-corrected chi connectivity index (χ3v) is 5.75. The average Bonchev–Trinajstić information content (AvgIpc) is 3.29. The van der Waals surface area contributed by atoms with Crippen molar-refractivity contribution in [1.82, 2.24) is 4.90 Å². The zero-order chi connectivity index (χ0) is 20.2. The Morgan fingerprint density at radius 1 is 0.966 bits per heavy atom. The van der Waals surface area contributed by atoms with Crippen LogP contribution < -0.4 is 0 Å². The first-order valence-electron chi connectivity index (χ1n) is 9.25. The van der Waals surface area contributed by atoms with Crippen LogP contribution in [0, 0.1) is 0 Å². The molecule has 146 valence electrons. The number of imide groups is 1. The molecule has 1 aliphatic rings. The highest BCUT2D eigenvalue weighted by molar-refractivity contribution is 8.18. The number of benzene rings is 2. The highest BCUT2D eigenvalue weighted by Crippen LogP contribution is 2.33. The molecule has 1 fully saturated rings.